The monoisotopic (exact) mass is 387 g/mol. The fraction of sp³-hybridized carbons (Fsp3) is 0.261. The molecule has 0 aliphatic carbocycles. The fourth-order valence-corrected chi connectivity index (χ4v) is 3.49. The van der Waals surface area contributed by atoms with Gasteiger partial charge in [-0.2, -0.15) is 5.10 Å². The molecule has 0 saturated carbocycles. The lowest BCUT2D eigenvalue weighted by Gasteiger charge is -2.07. The maximum atomic E-state index is 5.98. The number of rotatable bonds is 7. The first kappa shape index (κ1) is 18.9. The van der Waals surface area contributed by atoms with Crippen LogP contribution in [0.5, 0.6) is 5.75 Å². The molecule has 0 N–H and O–H groups in total. The van der Waals surface area contributed by atoms with Crippen molar-refractivity contribution in [2.75, 3.05) is 0 Å². The van der Waals surface area contributed by atoms with E-state index < -0.39 is 0 Å². The van der Waals surface area contributed by atoms with Gasteiger partial charge in [-0.15, -0.1) is 0 Å². The van der Waals surface area contributed by atoms with Crippen molar-refractivity contribution in [2.45, 2.75) is 33.4 Å². The van der Waals surface area contributed by atoms with Crippen LogP contribution in [0.3, 0.4) is 0 Å². The standard InChI is InChI=1S/C23H25N5O/c1-4-20-19(11-13-27(20)3)23-25-22(16-29-21-10-6-5-8-17(21)2)26-28(23)15-18-9-7-12-24-14-18/h5-14H,4,15-16H2,1-3H3. The Morgan fingerprint density at radius 2 is 1.93 bits per heavy atom. The predicted molar refractivity (Wildman–Crippen MR) is 113 cm³/mol. The number of nitrogens with zero attached hydrogens (tertiary/aromatic N) is 5. The minimum atomic E-state index is 0.326. The average molecular weight is 387 g/mol. The lowest BCUT2D eigenvalue weighted by Crippen LogP contribution is -2.06. The molecule has 0 fully saturated rings. The van der Waals surface area contributed by atoms with Gasteiger partial charge in [-0.25, -0.2) is 9.67 Å². The number of pyridine rings is 1. The van der Waals surface area contributed by atoms with Crippen LogP contribution >= 0.6 is 0 Å². The van der Waals surface area contributed by atoms with Gasteiger partial charge in [0.25, 0.3) is 0 Å². The second kappa shape index (κ2) is 8.31. The van der Waals surface area contributed by atoms with Crippen molar-refractivity contribution in [1.29, 1.82) is 0 Å². The first-order chi connectivity index (χ1) is 14.2. The fourth-order valence-electron chi connectivity index (χ4n) is 3.49. The van der Waals surface area contributed by atoms with Crippen molar-refractivity contribution in [1.82, 2.24) is 24.3 Å². The van der Waals surface area contributed by atoms with Crippen molar-refractivity contribution in [3.8, 4) is 17.1 Å². The quantitative estimate of drug-likeness (QED) is 0.477. The van der Waals surface area contributed by atoms with Crippen molar-refractivity contribution in [3.63, 3.8) is 0 Å². The molecule has 0 saturated heterocycles. The zero-order chi connectivity index (χ0) is 20.2. The van der Waals surface area contributed by atoms with Gasteiger partial charge in [-0.3, -0.25) is 4.98 Å². The predicted octanol–water partition coefficient (Wildman–Crippen LogP) is 4.18. The summed E-state index contributed by atoms with van der Waals surface area (Å²) in [5.74, 6) is 2.37. The van der Waals surface area contributed by atoms with Gasteiger partial charge in [0.05, 0.1) is 6.54 Å². The molecular formula is C23H25N5O. The Kier molecular flexibility index (Phi) is 5.42. The summed E-state index contributed by atoms with van der Waals surface area (Å²) in [4.78, 5) is 9.06. The Morgan fingerprint density at radius 1 is 1.07 bits per heavy atom. The zero-order valence-corrected chi connectivity index (χ0v) is 17.0. The van der Waals surface area contributed by atoms with Gasteiger partial charge in [0.2, 0.25) is 0 Å². The first-order valence-corrected chi connectivity index (χ1v) is 9.81. The molecule has 0 unspecified atom stereocenters. The van der Waals surface area contributed by atoms with Crippen LogP contribution in [0.4, 0.5) is 0 Å². The number of ether oxygens (including phenoxy) is 1. The third-order valence-electron chi connectivity index (χ3n) is 5.00. The van der Waals surface area contributed by atoms with Crippen LogP contribution in [0.25, 0.3) is 11.4 Å². The summed E-state index contributed by atoms with van der Waals surface area (Å²) in [5, 5.41) is 4.75. The van der Waals surface area contributed by atoms with Gasteiger partial charge in [0, 0.05) is 36.9 Å². The number of para-hydroxylation sites is 1. The lowest BCUT2D eigenvalue weighted by atomic mass is 10.2. The summed E-state index contributed by atoms with van der Waals surface area (Å²) in [6.07, 6.45) is 6.63. The molecule has 1 aromatic carbocycles. The highest BCUT2D eigenvalue weighted by molar-refractivity contribution is 5.59. The summed E-state index contributed by atoms with van der Waals surface area (Å²) in [7, 11) is 2.06. The molecule has 6 nitrogen and oxygen atoms in total. The van der Waals surface area contributed by atoms with E-state index in [2.05, 4.69) is 35.8 Å². The third-order valence-corrected chi connectivity index (χ3v) is 5.00. The van der Waals surface area contributed by atoms with E-state index in [1.165, 1.54) is 5.69 Å². The van der Waals surface area contributed by atoms with Crippen molar-refractivity contribution >= 4 is 0 Å². The van der Waals surface area contributed by atoms with Gasteiger partial charge >= 0.3 is 0 Å². The van der Waals surface area contributed by atoms with Crippen LogP contribution in [0.1, 0.15) is 29.6 Å². The smallest absolute Gasteiger partial charge is 0.188 e. The summed E-state index contributed by atoms with van der Waals surface area (Å²) in [6, 6.07) is 14.1. The molecule has 0 bridgehead atoms. The number of hydrogen-bond donors (Lipinski definition) is 0. The van der Waals surface area contributed by atoms with E-state index in [0.717, 1.165) is 34.7 Å². The Bertz CT molecular complexity index is 1100. The molecule has 3 heterocycles. The molecule has 0 aliphatic rings. The largest absolute Gasteiger partial charge is 0.485 e. The first-order valence-electron chi connectivity index (χ1n) is 9.81. The number of hydrogen-bond acceptors (Lipinski definition) is 4. The van der Waals surface area contributed by atoms with Gasteiger partial charge in [-0.1, -0.05) is 31.2 Å². The van der Waals surface area contributed by atoms with Crippen LogP contribution < -0.4 is 4.74 Å². The summed E-state index contributed by atoms with van der Waals surface area (Å²) >= 11 is 0. The van der Waals surface area contributed by atoms with E-state index >= 15 is 0 Å². The Balaban J connectivity index is 1.67. The van der Waals surface area contributed by atoms with Gasteiger partial charge < -0.3 is 9.30 Å². The molecule has 0 spiro atoms. The van der Waals surface area contributed by atoms with Crippen molar-refractivity contribution < 1.29 is 4.74 Å². The highest BCUT2D eigenvalue weighted by Gasteiger charge is 2.17. The molecule has 4 aromatic rings. The van der Waals surface area contributed by atoms with E-state index in [0.29, 0.717) is 19.0 Å². The molecule has 4 rings (SSSR count). The molecule has 6 heteroatoms. The molecule has 29 heavy (non-hydrogen) atoms. The zero-order valence-electron chi connectivity index (χ0n) is 17.0. The maximum Gasteiger partial charge on any atom is 0.188 e. The normalized spacial score (nSPS) is 11.0. The molecule has 0 radical (unpaired) electrons. The van der Waals surface area contributed by atoms with Crippen LogP contribution in [0.2, 0.25) is 0 Å². The highest BCUT2D eigenvalue weighted by atomic mass is 16.5. The number of aromatic nitrogens is 5. The summed E-state index contributed by atoms with van der Waals surface area (Å²) < 4.78 is 10.1. The topological polar surface area (TPSA) is 57.8 Å². The van der Waals surface area contributed by atoms with Crippen molar-refractivity contribution in [2.24, 2.45) is 7.05 Å². The molecule has 0 aliphatic heterocycles. The Hall–Kier alpha value is -3.41. The van der Waals surface area contributed by atoms with Crippen LogP contribution in [0, 0.1) is 6.92 Å². The van der Waals surface area contributed by atoms with Crippen LogP contribution in [-0.4, -0.2) is 24.3 Å². The second-order valence-corrected chi connectivity index (χ2v) is 7.07. The van der Waals surface area contributed by atoms with Crippen LogP contribution in [-0.2, 0) is 26.6 Å². The van der Waals surface area contributed by atoms with Gasteiger partial charge in [-0.05, 0) is 42.7 Å². The highest BCUT2D eigenvalue weighted by Crippen LogP contribution is 2.25. The minimum absolute atomic E-state index is 0.326. The van der Waals surface area contributed by atoms with E-state index in [-0.39, 0.29) is 0 Å². The average Bonchev–Trinajstić information content (AvgIpc) is 3.30. The Morgan fingerprint density at radius 3 is 2.69 bits per heavy atom. The molecule has 3 aromatic heterocycles. The second-order valence-electron chi connectivity index (χ2n) is 7.07. The van der Waals surface area contributed by atoms with E-state index in [1.54, 1.807) is 6.20 Å². The van der Waals surface area contributed by atoms with Gasteiger partial charge in [0.1, 0.15) is 12.4 Å². The molecular weight excluding hydrogens is 362 g/mol. The van der Waals surface area contributed by atoms with E-state index in [1.807, 2.05) is 54.2 Å². The summed E-state index contributed by atoms with van der Waals surface area (Å²) in [6.45, 7) is 5.13. The van der Waals surface area contributed by atoms with Crippen molar-refractivity contribution in [3.05, 3.63) is 83.7 Å². The lowest BCUT2D eigenvalue weighted by molar-refractivity contribution is 0.293. The SMILES string of the molecule is CCc1c(-c2nc(COc3ccccc3C)nn2Cc2cccnc2)ccn1C. The van der Waals surface area contributed by atoms with E-state index in [4.69, 9.17) is 14.8 Å². The Labute approximate surface area is 170 Å². The number of aryl methyl sites for hydroxylation is 2. The molecule has 0 atom stereocenters. The van der Waals surface area contributed by atoms with Crippen LogP contribution in [0.15, 0.2) is 61.1 Å². The maximum absolute atomic E-state index is 5.98. The molecule has 148 valence electrons. The van der Waals surface area contributed by atoms with E-state index in [9.17, 15) is 0 Å². The minimum Gasteiger partial charge on any atom is -0.485 e. The third kappa shape index (κ3) is 4.06. The van der Waals surface area contributed by atoms with Gasteiger partial charge in [0.15, 0.2) is 11.6 Å². The molecule has 0 amide bonds. The summed E-state index contributed by atoms with van der Waals surface area (Å²) in [5.41, 5.74) is 4.52. The number of benzene rings is 1.